The lowest BCUT2D eigenvalue weighted by Gasteiger charge is -2.59. The molecule has 8 atom stereocenters. The molecule has 0 aliphatic heterocycles. The van der Waals surface area contributed by atoms with Crippen LogP contribution >= 0.6 is 0 Å². The maximum atomic E-state index is 10.6. The van der Waals surface area contributed by atoms with Crippen molar-refractivity contribution < 1.29 is 15.3 Å². The Morgan fingerprint density at radius 3 is 2.43 bits per heavy atom. The average molecular weight is 320 g/mol. The summed E-state index contributed by atoms with van der Waals surface area (Å²) < 4.78 is 0. The minimum absolute atomic E-state index is 0.0422. The highest BCUT2D eigenvalue weighted by Gasteiger charge is 2.60. The lowest BCUT2D eigenvalue weighted by atomic mass is 9.45. The summed E-state index contributed by atoms with van der Waals surface area (Å²) in [5, 5.41) is 31.2. The van der Waals surface area contributed by atoms with Gasteiger partial charge in [-0.15, -0.1) is 0 Å². The van der Waals surface area contributed by atoms with Gasteiger partial charge >= 0.3 is 0 Å². The lowest BCUT2D eigenvalue weighted by Crippen LogP contribution is -2.53. The second kappa shape index (κ2) is 4.98. The molecule has 3 saturated carbocycles. The van der Waals surface area contributed by atoms with E-state index >= 15 is 0 Å². The smallest absolute Gasteiger partial charge is 0.121 e. The Kier molecular flexibility index (Phi) is 3.46. The summed E-state index contributed by atoms with van der Waals surface area (Å²) in [4.78, 5) is 0. The van der Waals surface area contributed by atoms with E-state index in [-0.39, 0.29) is 22.7 Å². The first-order valence-electron chi connectivity index (χ1n) is 9.58. The lowest BCUT2D eigenvalue weighted by molar-refractivity contribution is -0.0881. The van der Waals surface area contributed by atoms with Crippen LogP contribution in [0.5, 0.6) is 0 Å². The third-order valence-corrected chi connectivity index (χ3v) is 8.47. The zero-order valence-electron chi connectivity index (χ0n) is 14.8. The molecule has 0 aromatic carbocycles. The molecular formula is C20H32O3. The van der Waals surface area contributed by atoms with Crippen LogP contribution in [0.25, 0.3) is 0 Å². The van der Waals surface area contributed by atoms with Gasteiger partial charge in [0.25, 0.3) is 0 Å². The third-order valence-electron chi connectivity index (χ3n) is 8.47. The minimum atomic E-state index is -0.653. The Morgan fingerprint density at radius 1 is 0.957 bits per heavy atom. The van der Waals surface area contributed by atoms with Crippen LogP contribution in [0.1, 0.15) is 65.7 Å². The molecular weight excluding hydrogens is 288 g/mol. The van der Waals surface area contributed by atoms with Gasteiger partial charge < -0.3 is 15.3 Å². The van der Waals surface area contributed by atoms with Gasteiger partial charge in [-0.2, -0.15) is 0 Å². The molecule has 130 valence electrons. The number of aliphatic hydroxyl groups is 3. The van der Waals surface area contributed by atoms with Crippen molar-refractivity contribution >= 4 is 0 Å². The van der Waals surface area contributed by atoms with Gasteiger partial charge in [0.15, 0.2) is 0 Å². The SMILES string of the molecule is CC1C[C@H]2[C@@H]3CC[C@H](O)[C@@]3(C)CC[C@@H]2[C@@]2(C)CC[C@H](O)C(O)=C12. The van der Waals surface area contributed by atoms with Crippen molar-refractivity contribution in [3.05, 3.63) is 11.3 Å². The number of allylic oxidation sites excluding steroid dienone is 1. The quantitative estimate of drug-likeness (QED) is 0.636. The first-order chi connectivity index (χ1) is 10.8. The Morgan fingerprint density at radius 2 is 1.70 bits per heavy atom. The second-order valence-electron chi connectivity index (χ2n) is 9.42. The number of hydrogen-bond donors (Lipinski definition) is 3. The van der Waals surface area contributed by atoms with E-state index in [1.807, 2.05) is 0 Å². The maximum absolute atomic E-state index is 10.6. The van der Waals surface area contributed by atoms with Gasteiger partial charge in [-0.3, -0.25) is 0 Å². The molecule has 0 bridgehead atoms. The molecule has 23 heavy (non-hydrogen) atoms. The van der Waals surface area contributed by atoms with Crippen molar-refractivity contribution in [2.45, 2.75) is 77.9 Å². The number of hydrogen-bond acceptors (Lipinski definition) is 3. The highest BCUT2D eigenvalue weighted by atomic mass is 16.3. The maximum Gasteiger partial charge on any atom is 0.121 e. The zero-order chi connectivity index (χ0) is 16.6. The Hall–Kier alpha value is -0.540. The van der Waals surface area contributed by atoms with E-state index in [0.29, 0.717) is 30.1 Å². The standard InChI is InChI=1S/C20H32O3/c1-11-10-12-13-4-5-16(22)19(13,2)8-6-14(12)20(3)9-7-15(21)18(23)17(11)20/h11-16,21-23H,4-10H2,1-3H3/t11?,12-,13-,14-,15-,16-,19-,20+/m0/s1. The highest BCUT2D eigenvalue weighted by molar-refractivity contribution is 5.30. The number of fused-ring (bicyclic) bond motifs is 5. The van der Waals surface area contributed by atoms with Crippen LogP contribution in [0.4, 0.5) is 0 Å². The third kappa shape index (κ3) is 1.96. The summed E-state index contributed by atoms with van der Waals surface area (Å²) in [5.74, 6) is 2.52. The van der Waals surface area contributed by atoms with E-state index in [4.69, 9.17) is 0 Å². The normalized spacial score (nSPS) is 56.0. The number of rotatable bonds is 0. The van der Waals surface area contributed by atoms with E-state index < -0.39 is 6.10 Å². The van der Waals surface area contributed by atoms with Gasteiger partial charge in [0.1, 0.15) is 11.9 Å². The van der Waals surface area contributed by atoms with Crippen molar-refractivity contribution in [1.82, 2.24) is 0 Å². The van der Waals surface area contributed by atoms with Crippen LogP contribution in [-0.2, 0) is 0 Å². The van der Waals surface area contributed by atoms with E-state index in [1.165, 1.54) is 0 Å². The monoisotopic (exact) mass is 320 g/mol. The average Bonchev–Trinajstić information content (AvgIpc) is 2.79. The van der Waals surface area contributed by atoms with E-state index in [2.05, 4.69) is 20.8 Å². The van der Waals surface area contributed by atoms with Crippen LogP contribution < -0.4 is 0 Å². The molecule has 3 nitrogen and oxygen atoms in total. The molecule has 3 heteroatoms. The van der Waals surface area contributed by atoms with Crippen molar-refractivity contribution in [3.8, 4) is 0 Å². The summed E-state index contributed by atoms with van der Waals surface area (Å²) in [7, 11) is 0. The van der Waals surface area contributed by atoms with Crippen molar-refractivity contribution in [3.63, 3.8) is 0 Å². The van der Waals surface area contributed by atoms with Gasteiger partial charge in [-0.05, 0) is 85.0 Å². The molecule has 1 unspecified atom stereocenters. The molecule has 0 aromatic heterocycles. The molecule has 0 amide bonds. The number of aliphatic hydroxyl groups excluding tert-OH is 3. The highest BCUT2D eigenvalue weighted by Crippen LogP contribution is 2.66. The fraction of sp³-hybridized carbons (Fsp3) is 0.900. The van der Waals surface area contributed by atoms with Crippen molar-refractivity contribution in [1.29, 1.82) is 0 Å². The molecule has 4 aliphatic rings. The van der Waals surface area contributed by atoms with Crippen LogP contribution in [-0.4, -0.2) is 27.5 Å². The summed E-state index contributed by atoms with van der Waals surface area (Å²) in [6, 6.07) is 0. The predicted molar refractivity (Wildman–Crippen MR) is 89.8 cm³/mol. The van der Waals surface area contributed by atoms with Gasteiger partial charge in [-0.25, -0.2) is 0 Å². The van der Waals surface area contributed by atoms with E-state index in [0.717, 1.165) is 44.1 Å². The summed E-state index contributed by atoms with van der Waals surface area (Å²) in [6.45, 7) is 6.88. The first-order valence-corrected chi connectivity index (χ1v) is 9.58. The van der Waals surface area contributed by atoms with Gasteiger partial charge in [0.2, 0.25) is 0 Å². The summed E-state index contributed by atoms with van der Waals surface area (Å²) in [5.41, 5.74) is 1.30. The van der Waals surface area contributed by atoms with Crippen LogP contribution in [0.15, 0.2) is 11.3 Å². The van der Waals surface area contributed by atoms with Crippen LogP contribution in [0.2, 0.25) is 0 Å². The summed E-state index contributed by atoms with van der Waals surface area (Å²) in [6.07, 6.45) is 6.40. The molecule has 4 rings (SSSR count). The molecule has 0 aromatic rings. The Bertz CT molecular complexity index is 541. The molecule has 3 N–H and O–H groups in total. The van der Waals surface area contributed by atoms with Crippen LogP contribution in [0, 0.1) is 34.5 Å². The fourth-order valence-corrected chi connectivity index (χ4v) is 7.29. The zero-order valence-corrected chi connectivity index (χ0v) is 14.8. The van der Waals surface area contributed by atoms with Gasteiger partial charge in [0.05, 0.1) is 6.10 Å². The Balaban J connectivity index is 1.75. The predicted octanol–water partition coefficient (Wildman–Crippen LogP) is 3.80. The molecule has 4 aliphatic carbocycles. The first kappa shape index (κ1) is 16.0. The molecule has 0 saturated heterocycles. The largest absolute Gasteiger partial charge is 0.510 e. The van der Waals surface area contributed by atoms with Crippen molar-refractivity contribution in [2.75, 3.05) is 0 Å². The Labute approximate surface area is 139 Å². The molecule has 0 heterocycles. The fourth-order valence-electron chi connectivity index (χ4n) is 7.29. The van der Waals surface area contributed by atoms with E-state index in [1.54, 1.807) is 0 Å². The van der Waals surface area contributed by atoms with Gasteiger partial charge in [-0.1, -0.05) is 20.8 Å². The van der Waals surface area contributed by atoms with Gasteiger partial charge in [0, 0.05) is 0 Å². The van der Waals surface area contributed by atoms with Crippen molar-refractivity contribution in [2.24, 2.45) is 34.5 Å². The topological polar surface area (TPSA) is 60.7 Å². The van der Waals surface area contributed by atoms with E-state index in [9.17, 15) is 15.3 Å². The second-order valence-corrected chi connectivity index (χ2v) is 9.42. The molecule has 0 radical (unpaired) electrons. The molecule has 0 spiro atoms. The summed E-state index contributed by atoms with van der Waals surface area (Å²) >= 11 is 0. The van der Waals surface area contributed by atoms with Crippen LogP contribution in [0.3, 0.4) is 0 Å². The molecule has 3 fully saturated rings. The minimum Gasteiger partial charge on any atom is -0.510 e.